The summed E-state index contributed by atoms with van der Waals surface area (Å²) in [5.41, 5.74) is 7.09. The number of primary amides is 1. The second kappa shape index (κ2) is 7.52. The third kappa shape index (κ3) is 3.88. The van der Waals surface area contributed by atoms with Gasteiger partial charge in [-0.1, -0.05) is 18.2 Å². The first-order valence-electron chi connectivity index (χ1n) is 9.43. The molecule has 2 aliphatic rings. The molecule has 7 heteroatoms. The first kappa shape index (κ1) is 17.7. The molecule has 4 rings (SSSR count). The lowest BCUT2D eigenvalue weighted by Gasteiger charge is -2.35. The van der Waals surface area contributed by atoms with Gasteiger partial charge in [0.25, 0.3) is 0 Å². The van der Waals surface area contributed by atoms with Crippen LogP contribution >= 0.6 is 0 Å². The third-order valence-electron chi connectivity index (χ3n) is 5.29. The summed E-state index contributed by atoms with van der Waals surface area (Å²) >= 11 is 0. The van der Waals surface area contributed by atoms with Gasteiger partial charge >= 0.3 is 0 Å². The van der Waals surface area contributed by atoms with E-state index in [1.54, 1.807) is 0 Å². The monoisotopic (exact) mass is 368 g/mol. The second-order valence-corrected chi connectivity index (χ2v) is 7.31. The Morgan fingerprint density at radius 1 is 1.22 bits per heavy atom. The fourth-order valence-corrected chi connectivity index (χ4v) is 3.97. The third-order valence-corrected chi connectivity index (χ3v) is 5.29. The number of fused-ring (bicyclic) bond motifs is 1. The average Bonchev–Trinajstić information content (AvgIpc) is 3.11. The van der Waals surface area contributed by atoms with Gasteiger partial charge in [0.15, 0.2) is 0 Å². The van der Waals surface area contributed by atoms with Crippen molar-refractivity contribution in [3.8, 4) is 11.5 Å². The maximum absolute atomic E-state index is 13.0. The van der Waals surface area contributed by atoms with E-state index >= 15 is 0 Å². The van der Waals surface area contributed by atoms with E-state index in [2.05, 4.69) is 4.98 Å². The molecule has 1 unspecified atom stereocenters. The summed E-state index contributed by atoms with van der Waals surface area (Å²) in [5, 5.41) is 0. The van der Waals surface area contributed by atoms with Crippen LogP contribution in [0.25, 0.3) is 11.5 Å². The van der Waals surface area contributed by atoms with Crippen molar-refractivity contribution in [2.45, 2.75) is 25.8 Å². The number of aromatic nitrogens is 1. The quantitative estimate of drug-likeness (QED) is 0.881. The largest absolute Gasteiger partial charge is 0.441 e. The first-order chi connectivity index (χ1) is 13.1. The van der Waals surface area contributed by atoms with Crippen LogP contribution in [0.3, 0.4) is 0 Å². The maximum Gasteiger partial charge on any atom is 0.231 e. The minimum absolute atomic E-state index is 0.0832. The summed E-state index contributed by atoms with van der Waals surface area (Å²) in [7, 11) is 0. The average molecular weight is 368 g/mol. The molecular formula is C20H24N4O3. The Kier molecular flexibility index (Phi) is 4.94. The van der Waals surface area contributed by atoms with Gasteiger partial charge in [0.2, 0.25) is 17.7 Å². The van der Waals surface area contributed by atoms with Crippen LogP contribution in [0.4, 0.5) is 0 Å². The van der Waals surface area contributed by atoms with E-state index in [9.17, 15) is 9.59 Å². The van der Waals surface area contributed by atoms with Crippen molar-refractivity contribution < 1.29 is 14.0 Å². The molecule has 0 aliphatic carbocycles. The fourth-order valence-electron chi connectivity index (χ4n) is 3.97. The number of piperidine rings is 1. The summed E-state index contributed by atoms with van der Waals surface area (Å²) in [6.07, 6.45) is 2.44. The molecule has 3 heterocycles. The van der Waals surface area contributed by atoms with E-state index in [4.69, 9.17) is 10.2 Å². The molecule has 1 atom stereocenters. The van der Waals surface area contributed by atoms with Crippen LogP contribution in [0.2, 0.25) is 0 Å². The highest BCUT2D eigenvalue weighted by molar-refractivity contribution is 5.80. The molecule has 0 radical (unpaired) electrons. The number of nitrogens with zero attached hydrogens (tertiary/aromatic N) is 3. The van der Waals surface area contributed by atoms with Gasteiger partial charge in [0, 0.05) is 25.1 Å². The Hall–Kier alpha value is -2.67. The number of oxazole rings is 1. The van der Waals surface area contributed by atoms with Gasteiger partial charge in [0.05, 0.1) is 19.0 Å². The Morgan fingerprint density at radius 2 is 2.04 bits per heavy atom. The van der Waals surface area contributed by atoms with Crippen LogP contribution in [-0.2, 0) is 22.6 Å². The van der Waals surface area contributed by atoms with E-state index in [0.29, 0.717) is 31.9 Å². The predicted molar refractivity (Wildman–Crippen MR) is 99.4 cm³/mol. The van der Waals surface area contributed by atoms with Crippen molar-refractivity contribution in [2.75, 3.05) is 26.2 Å². The smallest absolute Gasteiger partial charge is 0.231 e. The number of benzene rings is 1. The van der Waals surface area contributed by atoms with Crippen molar-refractivity contribution >= 4 is 11.8 Å². The fraction of sp³-hybridized carbons (Fsp3) is 0.450. The van der Waals surface area contributed by atoms with Crippen LogP contribution in [0.1, 0.15) is 24.3 Å². The van der Waals surface area contributed by atoms with E-state index < -0.39 is 0 Å². The van der Waals surface area contributed by atoms with E-state index in [1.165, 1.54) is 0 Å². The zero-order valence-corrected chi connectivity index (χ0v) is 15.3. The Balaban J connectivity index is 1.44. The lowest BCUT2D eigenvalue weighted by Crippen LogP contribution is -2.47. The Bertz CT molecular complexity index is 833. The van der Waals surface area contributed by atoms with Crippen molar-refractivity contribution in [1.82, 2.24) is 14.8 Å². The van der Waals surface area contributed by atoms with E-state index in [0.717, 1.165) is 36.4 Å². The SMILES string of the molecule is NC(=O)CN1CCCC(C(=O)N2CCc3oc(-c4ccccc4)nc3C2)C1. The number of amides is 2. The lowest BCUT2D eigenvalue weighted by atomic mass is 9.95. The number of hydrogen-bond donors (Lipinski definition) is 1. The summed E-state index contributed by atoms with van der Waals surface area (Å²) in [6, 6.07) is 9.80. The summed E-state index contributed by atoms with van der Waals surface area (Å²) in [4.78, 5) is 32.6. The van der Waals surface area contributed by atoms with Gasteiger partial charge in [-0.2, -0.15) is 0 Å². The molecule has 1 aromatic carbocycles. The molecule has 2 N–H and O–H groups in total. The molecular weight excluding hydrogens is 344 g/mol. The highest BCUT2D eigenvalue weighted by Crippen LogP contribution is 2.28. The molecule has 2 aliphatic heterocycles. The Labute approximate surface area is 158 Å². The molecule has 1 aromatic heterocycles. The van der Waals surface area contributed by atoms with Crippen LogP contribution < -0.4 is 5.73 Å². The van der Waals surface area contributed by atoms with Crippen LogP contribution in [0.5, 0.6) is 0 Å². The van der Waals surface area contributed by atoms with Crippen LogP contribution in [-0.4, -0.2) is 52.8 Å². The molecule has 142 valence electrons. The van der Waals surface area contributed by atoms with Crippen molar-refractivity contribution in [1.29, 1.82) is 0 Å². The first-order valence-corrected chi connectivity index (χ1v) is 9.43. The molecule has 0 bridgehead atoms. The van der Waals surface area contributed by atoms with Gasteiger partial charge in [-0.3, -0.25) is 14.5 Å². The van der Waals surface area contributed by atoms with Crippen molar-refractivity contribution in [3.63, 3.8) is 0 Å². The molecule has 1 fully saturated rings. The maximum atomic E-state index is 13.0. The number of likely N-dealkylation sites (tertiary alicyclic amines) is 1. The summed E-state index contributed by atoms with van der Waals surface area (Å²) < 4.78 is 5.92. The highest BCUT2D eigenvalue weighted by Gasteiger charge is 2.33. The van der Waals surface area contributed by atoms with E-state index in [1.807, 2.05) is 40.1 Å². The standard InChI is InChI=1S/C20H24N4O3/c21-18(25)13-23-9-4-7-15(11-23)20(26)24-10-8-17-16(12-24)22-19(27-17)14-5-2-1-3-6-14/h1-3,5-6,15H,4,7-13H2,(H2,21,25). The lowest BCUT2D eigenvalue weighted by molar-refractivity contribution is -0.139. The number of nitrogens with two attached hydrogens (primary N) is 1. The normalized spacial score (nSPS) is 20.3. The van der Waals surface area contributed by atoms with Crippen molar-refractivity contribution in [2.24, 2.45) is 11.7 Å². The van der Waals surface area contributed by atoms with Gasteiger partial charge in [0.1, 0.15) is 11.5 Å². The number of carbonyl (C=O) groups is 2. The minimum atomic E-state index is -0.346. The number of rotatable bonds is 4. The molecule has 2 aromatic rings. The van der Waals surface area contributed by atoms with Gasteiger partial charge < -0.3 is 15.1 Å². The minimum Gasteiger partial charge on any atom is -0.441 e. The topological polar surface area (TPSA) is 92.7 Å². The van der Waals surface area contributed by atoms with Crippen LogP contribution in [0, 0.1) is 5.92 Å². The molecule has 2 amide bonds. The summed E-state index contributed by atoms with van der Waals surface area (Å²) in [6.45, 7) is 2.76. The summed E-state index contributed by atoms with van der Waals surface area (Å²) in [5.74, 6) is 1.19. The number of carbonyl (C=O) groups excluding carboxylic acids is 2. The molecule has 27 heavy (non-hydrogen) atoms. The highest BCUT2D eigenvalue weighted by atomic mass is 16.4. The zero-order chi connectivity index (χ0) is 18.8. The zero-order valence-electron chi connectivity index (χ0n) is 15.3. The van der Waals surface area contributed by atoms with Crippen molar-refractivity contribution in [3.05, 3.63) is 41.8 Å². The molecule has 7 nitrogen and oxygen atoms in total. The molecule has 0 saturated carbocycles. The molecule has 0 spiro atoms. The number of hydrogen-bond acceptors (Lipinski definition) is 5. The molecule has 1 saturated heterocycles. The van der Waals surface area contributed by atoms with Gasteiger partial charge in [-0.25, -0.2) is 4.98 Å². The Morgan fingerprint density at radius 3 is 2.81 bits per heavy atom. The van der Waals surface area contributed by atoms with Gasteiger partial charge in [-0.05, 0) is 31.5 Å². The predicted octanol–water partition coefficient (Wildman–Crippen LogP) is 1.42. The van der Waals surface area contributed by atoms with Crippen LogP contribution in [0.15, 0.2) is 34.7 Å². The van der Waals surface area contributed by atoms with Gasteiger partial charge in [-0.15, -0.1) is 0 Å². The van der Waals surface area contributed by atoms with E-state index in [-0.39, 0.29) is 24.3 Å². The second-order valence-electron chi connectivity index (χ2n) is 7.31.